The first kappa shape index (κ1) is 19.9. The van der Waals surface area contributed by atoms with Gasteiger partial charge in [0.15, 0.2) is 23.0 Å². The summed E-state index contributed by atoms with van der Waals surface area (Å²) in [6.45, 7) is 0.113. The van der Waals surface area contributed by atoms with Gasteiger partial charge in [-0.3, -0.25) is 20.4 Å². The van der Waals surface area contributed by atoms with E-state index in [2.05, 4.69) is 10.9 Å². The molecule has 0 saturated carbocycles. The second kappa shape index (κ2) is 8.87. The molecule has 2 aromatic carbocycles. The van der Waals surface area contributed by atoms with E-state index in [1.807, 2.05) is 0 Å². The minimum atomic E-state index is -0.532. The SMILES string of the molecule is COc1cc(OC)c(OC)cc1/C=C/C(=O)NNC(=O)c1ccc2c(c1)OCO2. The number of benzene rings is 2. The Kier molecular flexibility index (Phi) is 6.08. The Morgan fingerprint density at radius 2 is 1.59 bits per heavy atom. The second-order valence-corrected chi connectivity index (χ2v) is 5.79. The highest BCUT2D eigenvalue weighted by Gasteiger charge is 2.16. The molecule has 0 aliphatic carbocycles. The number of carbonyl (C=O) groups is 2. The first-order valence-electron chi connectivity index (χ1n) is 8.53. The molecule has 0 radical (unpaired) electrons. The monoisotopic (exact) mass is 400 g/mol. The maximum atomic E-state index is 12.2. The Morgan fingerprint density at radius 3 is 2.31 bits per heavy atom. The largest absolute Gasteiger partial charge is 0.496 e. The molecule has 2 aromatic rings. The molecule has 29 heavy (non-hydrogen) atoms. The number of carbonyl (C=O) groups excluding carboxylic acids is 2. The number of hydrogen-bond acceptors (Lipinski definition) is 7. The van der Waals surface area contributed by atoms with Gasteiger partial charge in [0.1, 0.15) is 5.75 Å². The lowest BCUT2D eigenvalue weighted by atomic mass is 10.1. The Morgan fingerprint density at radius 1 is 0.897 bits per heavy atom. The summed E-state index contributed by atoms with van der Waals surface area (Å²) in [6.07, 6.45) is 2.78. The van der Waals surface area contributed by atoms with Crippen molar-refractivity contribution in [2.75, 3.05) is 28.1 Å². The number of nitrogens with one attached hydrogen (secondary N) is 2. The van der Waals surface area contributed by atoms with E-state index < -0.39 is 11.8 Å². The molecular weight excluding hydrogens is 380 g/mol. The molecular formula is C20H20N2O7. The fraction of sp³-hybridized carbons (Fsp3) is 0.200. The van der Waals surface area contributed by atoms with Gasteiger partial charge in [0.05, 0.1) is 21.3 Å². The van der Waals surface area contributed by atoms with E-state index in [9.17, 15) is 9.59 Å². The summed E-state index contributed by atoms with van der Waals surface area (Å²) in [6, 6.07) is 8.06. The Hall–Kier alpha value is -3.88. The molecule has 0 unspecified atom stereocenters. The first-order valence-corrected chi connectivity index (χ1v) is 8.53. The molecule has 0 saturated heterocycles. The van der Waals surface area contributed by atoms with E-state index in [1.54, 1.807) is 24.3 Å². The summed E-state index contributed by atoms with van der Waals surface area (Å²) < 4.78 is 26.2. The van der Waals surface area contributed by atoms with Gasteiger partial charge < -0.3 is 23.7 Å². The zero-order valence-electron chi connectivity index (χ0n) is 16.1. The molecule has 0 aromatic heterocycles. The van der Waals surface area contributed by atoms with Gasteiger partial charge in [0.2, 0.25) is 6.79 Å². The van der Waals surface area contributed by atoms with Crippen LogP contribution in [0.2, 0.25) is 0 Å². The lowest BCUT2D eigenvalue weighted by Gasteiger charge is -2.12. The topological polar surface area (TPSA) is 104 Å². The quantitative estimate of drug-likeness (QED) is 0.564. The fourth-order valence-corrected chi connectivity index (χ4v) is 2.62. The molecule has 3 rings (SSSR count). The van der Waals surface area contributed by atoms with Gasteiger partial charge in [-0.2, -0.15) is 0 Å². The van der Waals surface area contributed by atoms with Crippen LogP contribution in [0.5, 0.6) is 28.7 Å². The minimum Gasteiger partial charge on any atom is -0.496 e. The second-order valence-electron chi connectivity index (χ2n) is 5.79. The van der Waals surface area contributed by atoms with Crippen LogP contribution in [0.1, 0.15) is 15.9 Å². The van der Waals surface area contributed by atoms with Gasteiger partial charge >= 0.3 is 0 Å². The summed E-state index contributed by atoms with van der Waals surface area (Å²) in [5, 5.41) is 0. The van der Waals surface area contributed by atoms with Crippen molar-refractivity contribution in [1.29, 1.82) is 0 Å². The molecule has 9 heteroatoms. The van der Waals surface area contributed by atoms with E-state index in [-0.39, 0.29) is 6.79 Å². The van der Waals surface area contributed by atoms with E-state index in [0.29, 0.717) is 39.9 Å². The average Bonchev–Trinajstić information content (AvgIpc) is 3.23. The highest BCUT2D eigenvalue weighted by Crippen LogP contribution is 2.35. The van der Waals surface area contributed by atoms with Gasteiger partial charge in [-0.25, -0.2) is 0 Å². The summed E-state index contributed by atoms with van der Waals surface area (Å²) in [7, 11) is 4.53. The van der Waals surface area contributed by atoms with Gasteiger partial charge in [-0.15, -0.1) is 0 Å². The number of hydrazine groups is 1. The van der Waals surface area contributed by atoms with Crippen LogP contribution in [0.15, 0.2) is 36.4 Å². The molecule has 0 fully saturated rings. The first-order chi connectivity index (χ1) is 14.0. The molecule has 152 valence electrons. The summed E-state index contributed by atoms with van der Waals surface area (Å²) in [4.78, 5) is 24.2. The Labute approximate surface area is 167 Å². The van der Waals surface area contributed by atoms with E-state index in [4.69, 9.17) is 23.7 Å². The minimum absolute atomic E-state index is 0.113. The van der Waals surface area contributed by atoms with E-state index >= 15 is 0 Å². The van der Waals surface area contributed by atoms with Crippen molar-refractivity contribution in [2.24, 2.45) is 0 Å². The van der Waals surface area contributed by atoms with Crippen LogP contribution in [-0.2, 0) is 4.79 Å². The summed E-state index contributed by atoms with van der Waals surface area (Å²) in [5.41, 5.74) is 5.57. The normalized spacial score (nSPS) is 11.8. The number of ether oxygens (including phenoxy) is 5. The van der Waals surface area contributed by atoms with Gasteiger partial charge in [-0.1, -0.05) is 0 Å². The van der Waals surface area contributed by atoms with Crippen LogP contribution >= 0.6 is 0 Å². The van der Waals surface area contributed by atoms with Crippen molar-refractivity contribution < 1.29 is 33.3 Å². The molecule has 1 heterocycles. The standard InChI is InChI=1S/C20H20N2O7/c1-25-15-10-17(27-3)16(26-2)8-12(15)5-7-19(23)21-22-20(24)13-4-6-14-18(9-13)29-11-28-14/h4-10H,11H2,1-3H3,(H,21,23)(H,22,24)/b7-5+. The molecule has 9 nitrogen and oxygen atoms in total. The predicted octanol–water partition coefficient (Wildman–Crippen LogP) is 1.92. The maximum Gasteiger partial charge on any atom is 0.269 e. The number of amides is 2. The molecule has 2 amide bonds. The van der Waals surface area contributed by atoms with Crippen molar-refractivity contribution in [3.8, 4) is 28.7 Å². The predicted molar refractivity (Wildman–Crippen MR) is 103 cm³/mol. The van der Waals surface area contributed by atoms with Crippen molar-refractivity contribution in [3.63, 3.8) is 0 Å². The molecule has 1 aliphatic rings. The van der Waals surface area contributed by atoms with E-state index in [1.165, 1.54) is 39.5 Å². The molecule has 0 spiro atoms. The van der Waals surface area contributed by atoms with Crippen molar-refractivity contribution in [2.45, 2.75) is 0 Å². The van der Waals surface area contributed by atoms with Crippen molar-refractivity contribution in [1.82, 2.24) is 10.9 Å². The average molecular weight is 400 g/mol. The lowest BCUT2D eigenvalue weighted by molar-refractivity contribution is -0.117. The third kappa shape index (κ3) is 4.52. The number of rotatable bonds is 6. The van der Waals surface area contributed by atoms with Gasteiger partial charge in [0.25, 0.3) is 11.8 Å². The molecule has 1 aliphatic heterocycles. The summed E-state index contributed by atoms with van der Waals surface area (Å²) in [5.74, 6) is 1.51. The van der Waals surface area contributed by atoms with Crippen LogP contribution in [0.3, 0.4) is 0 Å². The van der Waals surface area contributed by atoms with Crippen LogP contribution in [0, 0.1) is 0 Å². The van der Waals surface area contributed by atoms with Crippen LogP contribution < -0.4 is 34.5 Å². The van der Waals surface area contributed by atoms with Crippen molar-refractivity contribution in [3.05, 3.63) is 47.5 Å². The highest BCUT2D eigenvalue weighted by atomic mass is 16.7. The molecule has 0 bridgehead atoms. The number of hydrogen-bond donors (Lipinski definition) is 2. The zero-order chi connectivity index (χ0) is 20.8. The third-order valence-electron chi connectivity index (χ3n) is 4.08. The van der Waals surface area contributed by atoms with Crippen molar-refractivity contribution >= 4 is 17.9 Å². The van der Waals surface area contributed by atoms with Gasteiger partial charge in [0, 0.05) is 23.3 Å². The third-order valence-corrected chi connectivity index (χ3v) is 4.08. The number of fused-ring (bicyclic) bond motifs is 1. The molecule has 2 N–H and O–H groups in total. The summed E-state index contributed by atoms with van der Waals surface area (Å²) >= 11 is 0. The van der Waals surface area contributed by atoms with Gasteiger partial charge in [-0.05, 0) is 30.3 Å². The van der Waals surface area contributed by atoms with Crippen LogP contribution in [0.4, 0.5) is 0 Å². The van der Waals surface area contributed by atoms with Crippen LogP contribution in [0.25, 0.3) is 6.08 Å². The zero-order valence-corrected chi connectivity index (χ0v) is 16.1. The van der Waals surface area contributed by atoms with E-state index in [0.717, 1.165) is 0 Å². The Bertz CT molecular complexity index is 956. The highest BCUT2D eigenvalue weighted by molar-refractivity contribution is 5.98. The van der Waals surface area contributed by atoms with Crippen LogP contribution in [-0.4, -0.2) is 39.9 Å². The lowest BCUT2D eigenvalue weighted by Crippen LogP contribution is -2.40. The Balaban J connectivity index is 1.63. The fourth-order valence-electron chi connectivity index (χ4n) is 2.62. The molecule has 0 atom stereocenters. The number of methoxy groups -OCH3 is 3. The maximum absolute atomic E-state index is 12.2. The smallest absolute Gasteiger partial charge is 0.269 e.